The number of carbonyl (C=O) groups is 1. The zero-order chi connectivity index (χ0) is 26.1. The zero-order valence-corrected chi connectivity index (χ0v) is 20.7. The molecule has 4 aromatic rings. The molecular weight excluding hydrogens is 474 g/mol. The fourth-order valence-electron chi connectivity index (χ4n) is 5.15. The third-order valence-electron chi connectivity index (χ3n) is 7.00. The molecule has 5 rings (SSSR count). The molecule has 190 valence electrons. The molecule has 0 bridgehead atoms. The van der Waals surface area contributed by atoms with Crippen LogP contribution in [0.1, 0.15) is 40.9 Å². The number of aromatic carboxylic acids is 1. The summed E-state index contributed by atoms with van der Waals surface area (Å²) in [5.74, 6) is -2.29. The number of nitrogens with zero attached hydrogens (tertiary/aromatic N) is 1. The number of ether oxygens (including phenoxy) is 1. The van der Waals surface area contributed by atoms with Crippen LogP contribution in [0.25, 0.3) is 10.8 Å². The second-order valence-corrected chi connectivity index (χ2v) is 9.34. The SMILES string of the molecule is Cc1c(N2CC(CCN[C@H](C)c3cccc4ccccc34)Oc3cccc(F)c32)ccc(F)c1C(=O)O. The Labute approximate surface area is 214 Å². The van der Waals surface area contributed by atoms with Gasteiger partial charge in [0.25, 0.3) is 0 Å². The fraction of sp³-hybridized carbons (Fsp3) is 0.233. The van der Waals surface area contributed by atoms with Gasteiger partial charge in [0, 0.05) is 11.7 Å². The van der Waals surface area contributed by atoms with Crippen molar-refractivity contribution >= 4 is 28.1 Å². The highest BCUT2D eigenvalue weighted by molar-refractivity contribution is 5.92. The van der Waals surface area contributed by atoms with Crippen LogP contribution >= 0.6 is 0 Å². The molecule has 0 aliphatic carbocycles. The van der Waals surface area contributed by atoms with E-state index in [0.717, 1.165) is 6.07 Å². The molecule has 2 atom stereocenters. The molecule has 0 aromatic heterocycles. The van der Waals surface area contributed by atoms with Crippen LogP contribution in [0.5, 0.6) is 5.75 Å². The van der Waals surface area contributed by atoms with Gasteiger partial charge in [-0.2, -0.15) is 0 Å². The Kier molecular flexibility index (Phi) is 6.80. The summed E-state index contributed by atoms with van der Waals surface area (Å²) in [6, 6.07) is 21.9. The number of anilines is 2. The molecule has 5 nitrogen and oxygen atoms in total. The van der Waals surface area contributed by atoms with Gasteiger partial charge in [0.15, 0.2) is 5.82 Å². The maximum atomic E-state index is 15.0. The van der Waals surface area contributed by atoms with Crippen LogP contribution in [0.2, 0.25) is 0 Å². The van der Waals surface area contributed by atoms with E-state index in [4.69, 9.17) is 4.74 Å². The fourth-order valence-corrected chi connectivity index (χ4v) is 5.15. The third kappa shape index (κ3) is 4.74. The van der Waals surface area contributed by atoms with Crippen molar-refractivity contribution in [1.82, 2.24) is 5.32 Å². The van der Waals surface area contributed by atoms with Gasteiger partial charge in [-0.15, -0.1) is 0 Å². The maximum absolute atomic E-state index is 15.0. The molecule has 37 heavy (non-hydrogen) atoms. The smallest absolute Gasteiger partial charge is 0.339 e. The first kappa shape index (κ1) is 24.7. The second kappa shape index (κ2) is 10.2. The Morgan fingerprint density at radius 2 is 1.81 bits per heavy atom. The molecule has 4 aromatic carbocycles. The number of para-hydroxylation sites is 1. The molecule has 0 amide bonds. The summed E-state index contributed by atoms with van der Waals surface area (Å²) in [6.45, 7) is 4.61. The Morgan fingerprint density at radius 1 is 1.05 bits per heavy atom. The molecule has 1 heterocycles. The average molecular weight is 503 g/mol. The van der Waals surface area contributed by atoms with Crippen LogP contribution in [0.3, 0.4) is 0 Å². The van der Waals surface area contributed by atoms with Gasteiger partial charge in [0.1, 0.15) is 28.9 Å². The second-order valence-electron chi connectivity index (χ2n) is 9.34. The summed E-state index contributed by atoms with van der Waals surface area (Å²) in [5.41, 5.74) is 1.70. The van der Waals surface area contributed by atoms with Crippen LogP contribution in [0.15, 0.2) is 72.8 Å². The van der Waals surface area contributed by atoms with Crippen molar-refractivity contribution < 1.29 is 23.4 Å². The van der Waals surface area contributed by atoms with Gasteiger partial charge < -0.3 is 20.1 Å². The van der Waals surface area contributed by atoms with Crippen LogP contribution in [0, 0.1) is 18.6 Å². The van der Waals surface area contributed by atoms with Crippen molar-refractivity contribution in [1.29, 1.82) is 0 Å². The Morgan fingerprint density at radius 3 is 2.62 bits per heavy atom. The van der Waals surface area contributed by atoms with Gasteiger partial charge in [-0.05, 0) is 73.0 Å². The molecule has 2 N–H and O–H groups in total. The highest BCUT2D eigenvalue weighted by Gasteiger charge is 2.31. The van der Waals surface area contributed by atoms with Crippen molar-refractivity contribution in [3.8, 4) is 5.75 Å². The molecule has 1 unspecified atom stereocenters. The van der Waals surface area contributed by atoms with Gasteiger partial charge in [-0.25, -0.2) is 13.6 Å². The Hall–Kier alpha value is -3.97. The molecule has 0 fully saturated rings. The predicted molar refractivity (Wildman–Crippen MR) is 141 cm³/mol. The first-order chi connectivity index (χ1) is 17.8. The Balaban J connectivity index is 1.37. The summed E-state index contributed by atoms with van der Waals surface area (Å²) in [7, 11) is 0. The summed E-state index contributed by atoms with van der Waals surface area (Å²) in [5, 5.41) is 15.5. The molecule has 1 aliphatic heterocycles. The summed E-state index contributed by atoms with van der Waals surface area (Å²) < 4.78 is 35.4. The maximum Gasteiger partial charge on any atom is 0.339 e. The van der Waals surface area contributed by atoms with Gasteiger partial charge in [0.05, 0.1) is 6.54 Å². The lowest BCUT2D eigenvalue weighted by atomic mass is 9.99. The summed E-state index contributed by atoms with van der Waals surface area (Å²) in [4.78, 5) is 13.4. The molecule has 0 saturated carbocycles. The molecule has 0 spiro atoms. The predicted octanol–water partition coefficient (Wildman–Crippen LogP) is 6.76. The highest BCUT2D eigenvalue weighted by atomic mass is 19.1. The lowest BCUT2D eigenvalue weighted by Gasteiger charge is -2.37. The molecule has 0 radical (unpaired) electrons. The number of hydrogen-bond donors (Lipinski definition) is 2. The molecule has 0 saturated heterocycles. The van der Waals surface area contributed by atoms with Crippen LogP contribution in [0.4, 0.5) is 20.2 Å². The van der Waals surface area contributed by atoms with Crippen molar-refractivity contribution in [2.45, 2.75) is 32.4 Å². The first-order valence-corrected chi connectivity index (χ1v) is 12.3. The van der Waals surface area contributed by atoms with Gasteiger partial charge in [0.2, 0.25) is 0 Å². The van der Waals surface area contributed by atoms with E-state index in [9.17, 15) is 18.7 Å². The summed E-state index contributed by atoms with van der Waals surface area (Å²) in [6.07, 6.45) is 0.340. The average Bonchev–Trinajstić information content (AvgIpc) is 2.88. The highest BCUT2D eigenvalue weighted by Crippen LogP contribution is 2.42. The number of hydrogen-bond acceptors (Lipinski definition) is 4. The standard InChI is InChI=1S/C30H28F2N2O3/c1-18-26(14-13-24(31)28(18)30(35)36)34-17-21(37-27-12-6-11-25(32)29(27)34)15-16-33-19(2)22-10-5-8-20-7-3-4-9-23(20)22/h3-14,19,21,33H,15-17H2,1-2H3,(H,35,36)/t19-,21?/m1/s1. The van der Waals surface area contributed by atoms with Crippen molar-refractivity contribution in [3.05, 3.63) is 101 Å². The minimum absolute atomic E-state index is 0.105. The van der Waals surface area contributed by atoms with E-state index < -0.39 is 23.2 Å². The van der Waals surface area contributed by atoms with E-state index in [0.29, 0.717) is 30.9 Å². The van der Waals surface area contributed by atoms with Crippen LogP contribution in [-0.4, -0.2) is 30.3 Å². The third-order valence-corrected chi connectivity index (χ3v) is 7.00. The van der Waals surface area contributed by atoms with Crippen molar-refractivity contribution in [2.75, 3.05) is 18.0 Å². The van der Waals surface area contributed by atoms with E-state index in [2.05, 4.69) is 42.6 Å². The van der Waals surface area contributed by atoms with Gasteiger partial charge >= 0.3 is 5.97 Å². The van der Waals surface area contributed by atoms with Crippen LogP contribution in [-0.2, 0) is 0 Å². The van der Waals surface area contributed by atoms with E-state index in [1.807, 2.05) is 12.1 Å². The van der Waals surface area contributed by atoms with E-state index >= 15 is 0 Å². The number of fused-ring (bicyclic) bond motifs is 2. The van der Waals surface area contributed by atoms with Crippen LogP contribution < -0.4 is 15.0 Å². The topological polar surface area (TPSA) is 61.8 Å². The lowest BCUT2D eigenvalue weighted by molar-refractivity contribution is 0.0691. The largest absolute Gasteiger partial charge is 0.486 e. The number of rotatable bonds is 7. The summed E-state index contributed by atoms with van der Waals surface area (Å²) >= 11 is 0. The molecule has 7 heteroatoms. The minimum atomic E-state index is -1.36. The van der Waals surface area contributed by atoms with E-state index in [-0.39, 0.29) is 23.4 Å². The van der Waals surface area contributed by atoms with Gasteiger partial charge in [-0.3, -0.25) is 0 Å². The number of carboxylic acid groups (broad SMARTS) is 1. The van der Waals surface area contributed by atoms with E-state index in [1.165, 1.54) is 28.5 Å². The Bertz CT molecular complexity index is 1470. The number of halogens is 2. The first-order valence-electron chi connectivity index (χ1n) is 12.3. The minimum Gasteiger partial charge on any atom is -0.486 e. The normalized spacial score (nSPS) is 15.8. The number of benzene rings is 4. The zero-order valence-electron chi connectivity index (χ0n) is 20.7. The van der Waals surface area contributed by atoms with Gasteiger partial charge in [-0.1, -0.05) is 48.5 Å². The van der Waals surface area contributed by atoms with E-state index in [1.54, 1.807) is 24.0 Å². The quantitative estimate of drug-likeness (QED) is 0.292. The molecular formula is C30H28F2N2O3. The van der Waals surface area contributed by atoms with Crippen molar-refractivity contribution in [3.63, 3.8) is 0 Å². The molecule has 1 aliphatic rings. The van der Waals surface area contributed by atoms with Crippen molar-refractivity contribution in [2.24, 2.45) is 0 Å². The monoisotopic (exact) mass is 502 g/mol. The number of carboxylic acids is 1. The number of nitrogens with one attached hydrogen (secondary N) is 1. The lowest BCUT2D eigenvalue weighted by Crippen LogP contribution is -2.40.